The molecular formula is C26H22ClN5O2. The van der Waals surface area contributed by atoms with Crippen LogP contribution in [0.1, 0.15) is 17.9 Å². The minimum atomic E-state index is -0.0518. The van der Waals surface area contributed by atoms with Gasteiger partial charge in [0.05, 0.1) is 11.0 Å². The molecule has 0 saturated heterocycles. The minimum absolute atomic E-state index is 0.0518. The molecule has 170 valence electrons. The first kappa shape index (κ1) is 21.9. The summed E-state index contributed by atoms with van der Waals surface area (Å²) in [6, 6.07) is 21.4. The van der Waals surface area contributed by atoms with Crippen LogP contribution in [-0.2, 0) is 17.6 Å². The van der Waals surface area contributed by atoms with Gasteiger partial charge in [-0.15, -0.1) is 0 Å². The van der Waals surface area contributed by atoms with Gasteiger partial charge in [0.2, 0.25) is 5.91 Å². The number of halogens is 1. The van der Waals surface area contributed by atoms with Gasteiger partial charge >= 0.3 is 6.01 Å². The molecule has 34 heavy (non-hydrogen) atoms. The highest BCUT2D eigenvalue weighted by atomic mass is 35.5. The predicted octanol–water partition coefficient (Wildman–Crippen LogP) is 5.02. The fraction of sp³-hybridized carbons (Fsp3) is 0.154. The van der Waals surface area contributed by atoms with Gasteiger partial charge < -0.3 is 9.73 Å². The Balaban J connectivity index is 1.35. The number of aromatic nitrogens is 4. The third-order valence-corrected chi connectivity index (χ3v) is 5.72. The zero-order chi connectivity index (χ0) is 23.3. The van der Waals surface area contributed by atoms with E-state index in [-0.39, 0.29) is 12.3 Å². The molecule has 7 nitrogen and oxygen atoms in total. The normalized spacial score (nSPS) is 11.1. The summed E-state index contributed by atoms with van der Waals surface area (Å²) in [5.41, 5.74) is 4.24. The quantitative estimate of drug-likeness (QED) is 0.343. The molecule has 0 spiro atoms. The Bertz CT molecular complexity index is 1410. The average molecular weight is 472 g/mol. The van der Waals surface area contributed by atoms with Gasteiger partial charge in [-0.25, -0.2) is 4.98 Å². The van der Waals surface area contributed by atoms with Gasteiger partial charge in [-0.05, 0) is 36.4 Å². The summed E-state index contributed by atoms with van der Waals surface area (Å²) in [5.74, 6) is 0.582. The molecule has 1 amide bonds. The molecule has 0 aliphatic heterocycles. The van der Waals surface area contributed by atoms with E-state index in [4.69, 9.17) is 21.0 Å². The molecule has 1 N–H and O–H groups in total. The Kier molecular flexibility index (Phi) is 6.35. The van der Waals surface area contributed by atoms with E-state index in [1.807, 2.05) is 71.3 Å². The molecule has 3 heterocycles. The smallest absolute Gasteiger partial charge is 0.308 e. The number of oxazole rings is 1. The second-order valence-electron chi connectivity index (χ2n) is 7.80. The van der Waals surface area contributed by atoms with Gasteiger partial charge in [-0.2, -0.15) is 4.98 Å². The van der Waals surface area contributed by atoms with Crippen LogP contribution in [0.4, 0.5) is 0 Å². The third-order valence-electron chi connectivity index (χ3n) is 5.47. The molecule has 5 aromatic rings. The fourth-order valence-corrected chi connectivity index (χ4v) is 3.87. The molecule has 0 aliphatic carbocycles. The van der Waals surface area contributed by atoms with Crippen LogP contribution in [0.3, 0.4) is 0 Å². The lowest BCUT2D eigenvalue weighted by molar-refractivity contribution is -0.121. The summed E-state index contributed by atoms with van der Waals surface area (Å²) < 4.78 is 7.98. The number of para-hydroxylation sites is 2. The zero-order valence-electron chi connectivity index (χ0n) is 18.3. The first-order valence-electron chi connectivity index (χ1n) is 11.0. The molecule has 0 radical (unpaired) electrons. The summed E-state index contributed by atoms with van der Waals surface area (Å²) in [4.78, 5) is 25.9. The number of amides is 1. The standard InChI is InChI=1S/C26H22ClN5O2/c27-19-10-8-18(9-11-19)25-23(12-13-24(33)29-16-14-20-5-3-4-15-28-20)34-26(31-25)32-17-30-21-6-1-2-7-22(21)32/h1-11,15,17H,12-14,16H2,(H,29,33). The minimum Gasteiger partial charge on any atom is -0.427 e. The van der Waals surface area contributed by atoms with Crippen molar-refractivity contribution in [1.82, 2.24) is 24.8 Å². The molecule has 0 aliphatic rings. The van der Waals surface area contributed by atoms with Crippen molar-refractivity contribution in [3.05, 3.63) is 95.7 Å². The number of carbonyl (C=O) groups excluding carboxylic acids is 1. The van der Waals surface area contributed by atoms with E-state index >= 15 is 0 Å². The van der Waals surface area contributed by atoms with Crippen LogP contribution in [0.5, 0.6) is 0 Å². The molecule has 0 bridgehead atoms. The largest absolute Gasteiger partial charge is 0.427 e. The fourth-order valence-electron chi connectivity index (χ4n) is 3.75. The van der Waals surface area contributed by atoms with E-state index in [9.17, 15) is 4.79 Å². The highest BCUT2D eigenvalue weighted by Crippen LogP contribution is 2.29. The van der Waals surface area contributed by atoms with Gasteiger partial charge in [0.15, 0.2) is 0 Å². The Morgan fingerprint density at radius 3 is 2.62 bits per heavy atom. The number of hydrogen-bond acceptors (Lipinski definition) is 5. The maximum atomic E-state index is 12.5. The predicted molar refractivity (Wildman–Crippen MR) is 131 cm³/mol. The molecule has 0 fully saturated rings. The van der Waals surface area contributed by atoms with Gasteiger partial charge in [0.1, 0.15) is 17.8 Å². The number of carbonyl (C=O) groups is 1. The van der Waals surface area contributed by atoms with E-state index < -0.39 is 0 Å². The lowest BCUT2D eigenvalue weighted by Crippen LogP contribution is -2.26. The maximum absolute atomic E-state index is 12.5. The number of rotatable bonds is 8. The number of fused-ring (bicyclic) bond motifs is 1. The number of imidazole rings is 1. The van der Waals surface area contributed by atoms with Gasteiger partial charge in [-0.3, -0.25) is 14.3 Å². The second-order valence-corrected chi connectivity index (χ2v) is 8.24. The second kappa shape index (κ2) is 9.89. The number of nitrogens with one attached hydrogen (secondary N) is 1. The molecule has 8 heteroatoms. The lowest BCUT2D eigenvalue weighted by Gasteiger charge is -2.05. The number of aryl methyl sites for hydroxylation is 1. The van der Waals surface area contributed by atoms with Gasteiger partial charge in [0, 0.05) is 48.3 Å². The van der Waals surface area contributed by atoms with Crippen molar-refractivity contribution < 1.29 is 9.21 Å². The van der Waals surface area contributed by atoms with Crippen LogP contribution in [0.2, 0.25) is 5.02 Å². The first-order chi connectivity index (χ1) is 16.7. The summed E-state index contributed by atoms with van der Waals surface area (Å²) in [5, 5.41) is 3.59. The Morgan fingerprint density at radius 1 is 0.971 bits per heavy atom. The van der Waals surface area contributed by atoms with Crippen LogP contribution in [0.15, 0.2) is 83.7 Å². The summed E-state index contributed by atoms with van der Waals surface area (Å²) in [6.45, 7) is 0.530. The molecule has 0 atom stereocenters. The van der Waals surface area contributed by atoms with Crippen LogP contribution in [-0.4, -0.2) is 32.0 Å². The molecule has 0 saturated carbocycles. The van der Waals surface area contributed by atoms with Gasteiger partial charge in [0.25, 0.3) is 0 Å². The van der Waals surface area contributed by atoms with Crippen molar-refractivity contribution in [2.75, 3.05) is 6.54 Å². The molecular weight excluding hydrogens is 450 g/mol. The van der Waals surface area contributed by atoms with Crippen molar-refractivity contribution in [3.8, 4) is 17.3 Å². The molecule has 2 aromatic carbocycles. The summed E-state index contributed by atoms with van der Waals surface area (Å²) in [6.07, 6.45) is 4.81. The first-order valence-corrected chi connectivity index (χ1v) is 11.4. The van der Waals surface area contributed by atoms with Crippen molar-refractivity contribution >= 4 is 28.5 Å². The SMILES string of the molecule is O=C(CCc1oc(-n2cnc3ccccc32)nc1-c1ccc(Cl)cc1)NCCc1ccccn1. The number of pyridine rings is 1. The average Bonchev–Trinajstić information content (AvgIpc) is 3.48. The molecule has 3 aromatic heterocycles. The molecule has 0 unspecified atom stereocenters. The lowest BCUT2D eigenvalue weighted by atomic mass is 10.1. The number of hydrogen-bond donors (Lipinski definition) is 1. The maximum Gasteiger partial charge on any atom is 0.308 e. The number of benzene rings is 2. The van der Waals surface area contributed by atoms with Crippen molar-refractivity contribution in [1.29, 1.82) is 0 Å². The van der Waals surface area contributed by atoms with E-state index in [1.165, 1.54) is 0 Å². The van der Waals surface area contributed by atoms with E-state index in [2.05, 4.69) is 15.3 Å². The van der Waals surface area contributed by atoms with E-state index in [0.29, 0.717) is 41.9 Å². The van der Waals surface area contributed by atoms with Crippen molar-refractivity contribution in [3.63, 3.8) is 0 Å². The Labute approximate surface area is 201 Å². The van der Waals surface area contributed by atoms with Gasteiger partial charge in [-0.1, -0.05) is 41.9 Å². The van der Waals surface area contributed by atoms with Crippen molar-refractivity contribution in [2.24, 2.45) is 0 Å². The van der Waals surface area contributed by atoms with E-state index in [1.54, 1.807) is 12.5 Å². The van der Waals surface area contributed by atoms with Crippen LogP contribution in [0.25, 0.3) is 28.3 Å². The van der Waals surface area contributed by atoms with Crippen LogP contribution < -0.4 is 5.32 Å². The van der Waals surface area contributed by atoms with Crippen LogP contribution in [0, 0.1) is 0 Å². The third kappa shape index (κ3) is 4.84. The summed E-state index contributed by atoms with van der Waals surface area (Å²) in [7, 11) is 0. The molecule has 5 rings (SSSR count). The van der Waals surface area contributed by atoms with Crippen LogP contribution >= 0.6 is 11.6 Å². The van der Waals surface area contributed by atoms with E-state index in [0.717, 1.165) is 22.3 Å². The highest BCUT2D eigenvalue weighted by molar-refractivity contribution is 6.30. The highest BCUT2D eigenvalue weighted by Gasteiger charge is 2.19. The zero-order valence-corrected chi connectivity index (χ0v) is 19.1. The Morgan fingerprint density at radius 2 is 1.79 bits per heavy atom. The topological polar surface area (TPSA) is 85.8 Å². The Hall–Kier alpha value is -3.97. The monoisotopic (exact) mass is 471 g/mol. The summed E-state index contributed by atoms with van der Waals surface area (Å²) >= 11 is 6.07. The number of nitrogens with zero attached hydrogens (tertiary/aromatic N) is 4. The van der Waals surface area contributed by atoms with Crippen molar-refractivity contribution in [2.45, 2.75) is 19.3 Å².